The van der Waals surface area contributed by atoms with E-state index in [9.17, 15) is 4.79 Å². The zero-order valence-electron chi connectivity index (χ0n) is 9.95. The van der Waals surface area contributed by atoms with Crippen LogP contribution in [0.15, 0.2) is 60.7 Å². The molecule has 0 aliphatic carbocycles. The number of hydrogen-bond acceptors (Lipinski definition) is 2. The van der Waals surface area contributed by atoms with Crippen LogP contribution >= 0.6 is 0 Å². The maximum absolute atomic E-state index is 11.6. The minimum Gasteiger partial charge on any atom is -0.457 e. The van der Waals surface area contributed by atoms with Crippen LogP contribution in [0.4, 0.5) is 0 Å². The number of cyclic esters (lactones) is 1. The van der Waals surface area contributed by atoms with Gasteiger partial charge in [-0.1, -0.05) is 60.7 Å². The van der Waals surface area contributed by atoms with Crippen LogP contribution in [0.3, 0.4) is 0 Å². The molecule has 1 aliphatic heterocycles. The summed E-state index contributed by atoms with van der Waals surface area (Å²) >= 11 is 0. The van der Waals surface area contributed by atoms with E-state index in [0.29, 0.717) is 6.42 Å². The van der Waals surface area contributed by atoms with E-state index in [4.69, 9.17) is 4.74 Å². The van der Waals surface area contributed by atoms with E-state index in [1.54, 1.807) is 0 Å². The lowest BCUT2D eigenvalue weighted by Gasteiger charge is -2.18. The van der Waals surface area contributed by atoms with Crippen molar-refractivity contribution in [2.45, 2.75) is 18.4 Å². The van der Waals surface area contributed by atoms with Crippen LogP contribution in [0.5, 0.6) is 0 Å². The summed E-state index contributed by atoms with van der Waals surface area (Å²) in [5, 5.41) is 0. The molecule has 0 aromatic heterocycles. The largest absolute Gasteiger partial charge is 0.457 e. The van der Waals surface area contributed by atoms with Gasteiger partial charge < -0.3 is 4.74 Å². The van der Waals surface area contributed by atoms with Crippen molar-refractivity contribution in [1.29, 1.82) is 0 Å². The summed E-state index contributed by atoms with van der Waals surface area (Å²) < 4.78 is 5.48. The van der Waals surface area contributed by atoms with Crippen LogP contribution < -0.4 is 0 Å². The smallest absolute Gasteiger partial charge is 0.307 e. The molecule has 2 heteroatoms. The second-order valence-electron chi connectivity index (χ2n) is 4.54. The predicted octanol–water partition coefficient (Wildman–Crippen LogP) is 3.46. The molecule has 0 amide bonds. The summed E-state index contributed by atoms with van der Waals surface area (Å²) in [4.78, 5) is 11.6. The Kier molecular flexibility index (Phi) is 2.85. The molecule has 3 rings (SSSR count). The second-order valence-corrected chi connectivity index (χ2v) is 4.54. The third kappa shape index (κ3) is 2.02. The van der Waals surface area contributed by atoms with E-state index >= 15 is 0 Å². The first-order valence-corrected chi connectivity index (χ1v) is 6.14. The van der Waals surface area contributed by atoms with E-state index in [2.05, 4.69) is 12.1 Å². The van der Waals surface area contributed by atoms with Crippen LogP contribution in [0.2, 0.25) is 0 Å². The van der Waals surface area contributed by atoms with E-state index in [1.807, 2.05) is 48.5 Å². The molecular weight excluding hydrogens is 224 g/mol. The second kappa shape index (κ2) is 4.65. The molecular formula is C16H14O2. The highest BCUT2D eigenvalue weighted by Crippen LogP contribution is 2.41. The van der Waals surface area contributed by atoms with Crippen LogP contribution in [0.1, 0.15) is 29.6 Å². The summed E-state index contributed by atoms with van der Waals surface area (Å²) in [6.45, 7) is 0. The fourth-order valence-electron chi connectivity index (χ4n) is 2.49. The van der Waals surface area contributed by atoms with Gasteiger partial charge in [-0.25, -0.2) is 0 Å². The minimum absolute atomic E-state index is 0.113. The molecule has 90 valence electrons. The van der Waals surface area contributed by atoms with Crippen LogP contribution in [-0.2, 0) is 9.53 Å². The SMILES string of the molecule is O=C1C[C@H](c2ccccc2)[C@@H](c2ccccc2)O1. The summed E-state index contributed by atoms with van der Waals surface area (Å²) in [5.74, 6) is 0.0128. The number of rotatable bonds is 2. The number of hydrogen-bond donors (Lipinski definition) is 0. The summed E-state index contributed by atoms with van der Waals surface area (Å²) in [6, 6.07) is 20.0. The zero-order chi connectivity index (χ0) is 12.4. The molecule has 2 nitrogen and oxygen atoms in total. The molecule has 0 unspecified atom stereocenters. The molecule has 0 N–H and O–H groups in total. The van der Waals surface area contributed by atoms with Gasteiger partial charge in [0.2, 0.25) is 0 Å². The Morgan fingerprint density at radius 3 is 2.00 bits per heavy atom. The maximum Gasteiger partial charge on any atom is 0.307 e. The first-order valence-electron chi connectivity index (χ1n) is 6.14. The first kappa shape index (κ1) is 11.0. The third-order valence-electron chi connectivity index (χ3n) is 3.37. The molecule has 1 heterocycles. The Morgan fingerprint density at radius 2 is 1.39 bits per heavy atom. The van der Waals surface area contributed by atoms with Crippen molar-refractivity contribution in [2.75, 3.05) is 0 Å². The summed E-state index contributed by atoms with van der Waals surface area (Å²) in [5.41, 5.74) is 2.23. The monoisotopic (exact) mass is 238 g/mol. The number of carbonyl (C=O) groups excluding carboxylic acids is 1. The van der Waals surface area contributed by atoms with Gasteiger partial charge in [-0.3, -0.25) is 4.79 Å². The Bertz CT molecular complexity index is 484. The van der Waals surface area contributed by atoms with E-state index in [1.165, 1.54) is 0 Å². The summed E-state index contributed by atoms with van der Waals surface area (Å²) in [7, 11) is 0. The van der Waals surface area contributed by atoms with Crippen molar-refractivity contribution in [1.82, 2.24) is 0 Å². The quantitative estimate of drug-likeness (QED) is 0.749. The highest BCUT2D eigenvalue weighted by molar-refractivity contribution is 5.74. The molecule has 2 atom stereocenters. The Balaban J connectivity index is 1.96. The van der Waals surface area contributed by atoms with Crippen molar-refractivity contribution in [3.63, 3.8) is 0 Å². The maximum atomic E-state index is 11.6. The highest BCUT2D eigenvalue weighted by Gasteiger charge is 2.36. The van der Waals surface area contributed by atoms with Gasteiger partial charge in [-0.15, -0.1) is 0 Å². The number of benzene rings is 2. The number of esters is 1. The fourth-order valence-corrected chi connectivity index (χ4v) is 2.49. The number of ether oxygens (including phenoxy) is 1. The average molecular weight is 238 g/mol. The van der Waals surface area contributed by atoms with Crippen molar-refractivity contribution in [3.05, 3.63) is 71.8 Å². The van der Waals surface area contributed by atoms with Crippen molar-refractivity contribution in [3.8, 4) is 0 Å². The fraction of sp³-hybridized carbons (Fsp3) is 0.188. The standard InChI is InChI=1S/C16H14O2/c17-15-11-14(12-7-3-1-4-8-12)16(18-15)13-9-5-2-6-10-13/h1-10,14,16H,11H2/t14-,16-/m1/s1. The third-order valence-corrected chi connectivity index (χ3v) is 3.37. The van der Waals surface area contributed by atoms with Crippen molar-refractivity contribution >= 4 is 5.97 Å². The van der Waals surface area contributed by atoms with E-state index in [-0.39, 0.29) is 18.0 Å². The molecule has 0 saturated carbocycles. The lowest BCUT2D eigenvalue weighted by atomic mass is 9.89. The first-order chi connectivity index (χ1) is 8.84. The average Bonchev–Trinajstić information content (AvgIpc) is 2.83. The molecule has 0 spiro atoms. The van der Waals surface area contributed by atoms with Gasteiger partial charge in [-0.2, -0.15) is 0 Å². The lowest BCUT2D eigenvalue weighted by molar-refractivity contribution is -0.141. The van der Waals surface area contributed by atoms with Crippen LogP contribution in [-0.4, -0.2) is 5.97 Å². The Labute approximate surface area is 106 Å². The normalized spacial score (nSPS) is 22.8. The van der Waals surface area contributed by atoms with Gasteiger partial charge in [0.05, 0.1) is 6.42 Å². The van der Waals surface area contributed by atoms with Gasteiger partial charge in [0.1, 0.15) is 6.10 Å². The van der Waals surface area contributed by atoms with Crippen molar-refractivity contribution in [2.24, 2.45) is 0 Å². The van der Waals surface area contributed by atoms with Gasteiger partial charge in [0.15, 0.2) is 0 Å². The molecule has 1 saturated heterocycles. The highest BCUT2D eigenvalue weighted by atomic mass is 16.5. The van der Waals surface area contributed by atoms with E-state index < -0.39 is 0 Å². The molecule has 0 bridgehead atoms. The molecule has 18 heavy (non-hydrogen) atoms. The van der Waals surface area contributed by atoms with E-state index in [0.717, 1.165) is 11.1 Å². The molecule has 2 aromatic rings. The van der Waals surface area contributed by atoms with Gasteiger partial charge in [0, 0.05) is 5.92 Å². The Hall–Kier alpha value is -2.09. The number of carbonyl (C=O) groups is 1. The molecule has 1 fully saturated rings. The van der Waals surface area contributed by atoms with Gasteiger partial charge in [-0.05, 0) is 11.1 Å². The van der Waals surface area contributed by atoms with Gasteiger partial charge >= 0.3 is 5.97 Å². The minimum atomic E-state index is -0.152. The molecule has 1 aliphatic rings. The van der Waals surface area contributed by atoms with Gasteiger partial charge in [0.25, 0.3) is 0 Å². The predicted molar refractivity (Wildman–Crippen MR) is 69.1 cm³/mol. The molecule has 0 radical (unpaired) electrons. The molecule has 2 aromatic carbocycles. The van der Waals surface area contributed by atoms with Crippen LogP contribution in [0, 0.1) is 0 Å². The Morgan fingerprint density at radius 1 is 0.833 bits per heavy atom. The zero-order valence-corrected chi connectivity index (χ0v) is 9.95. The lowest BCUT2D eigenvalue weighted by Crippen LogP contribution is -2.05. The van der Waals surface area contributed by atoms with Crippen molar-refractivity contribution < 1.29 is 9.53 Å². The summed E-state index contributed by atoms with van der Waals surface area (Å²) in [6.07, 6.45) is 0.310. The topological polar surface area (TPSA) is 26.3 Å². The van der Waals surface area contributed by atoms with Crippen LogP contribution in [0.25, 0.3) is 0 Å².